The number of hydrogen-bond donors (Lipinski definition) is 2. The average molecular weight is 241 g/mol. The smallest absolute Gasteiger partial charge is 0.110 e. The molecule has 3 heteroatoms. The van der Waals surface area contributed by atoms with Crippen LogP contribution in [0, 0.1) is 6.92 Å². The lowest BCUT2D eigenvalue weighted by atomic mass is 9.85. The summed E-state index contributed by atoms with van der Waals surface area (Å²) in [6.45, 7) is 2.67. The summed E-state index contributed by atoms with van der Waals surface area (Å²) in [6, 6.07) is 8.34. The van der Waals surface area contributed by atoms with Gasteiger partial charge in [0, 0.05) is 23.7 Å². The molecule has 0 aliphatic heterocycles. The van der Waals surface area contributed by atoms with E-state index in [0.29, 0.717) is 12.5 Å². The molecule has 3 nitrogen and oxygen atoms in total. The first-order valence-electron chi connectivity index (χ1n) is 6.64. The Bertz CT molecular complexity index is 553. The van der Waals surface area contributed by atoms with Crippen molar-refractivity contribution in [1.82, 2.24) is 9.97 Å². The highest BCUT2D eigenvalue weighted by Crippen LogP contribution is 2.36. The van der Waals surface area contributed by atoms with Crippen molar-refractivity contribution in [2.45, 2.75) is 38.6 Å². The molecule has 0 spiro atoms. The topological polar surface area (TPSA) is 54.7 Å². The van der Waals surface area contributed by atoms with Gasteiger partial charge in [-0.2, -0.15) is 0 Å². The first kappa shape index (κ1) is 11.5. The molecule has 1 aromatic carbocycles. The van der Waals surface area contributed by atoms with E-state index in [9.17, 15) is 0 Å². The minimum Gasteiger partial charge on any atom is -0.345 e. The molecular weight excluding hydrogens is 222 g/mol. The highest BCUT2D eigenvalue weighted by atomic mass is 14.9. The predicted molar refractivity (Wildman–Crippen MR) is 73.2 cm³/mol. The van der Waals surface area contributed by atoms with Crippen molar-refractivity contribution in [1.29, 1.82) is 0 Å². The minimum absolute atomic E-state index is 0.576. The van der Waals surface area contributed by atoms with E-state index in [1.165, 1.54) is 19.3 Å². The zero-order valence-corrected chi connectivity index (χ0v) is 10.7. The maximum atomic E-state index is 5.69. The normalized spacial score (nSPS) is 15.7. The van der Waals surface area contributed by atoms with E-state index >= 15 is 0 Å². The lowest BCUT2D eigenvalue weighted by Crippen LogP contribution is -2.10. The van der Waals surface area contributed by atoms with Gasteiger partial charge >= 0.3 is 0 Å². The molecule has 1 heterocycles. The largest absolute Gasteiger partial charge is 0.345 e. The molecule has 1 aliphatic carbocycles. The number of nitrogens with one attached hydrogen (secondary N) is 1. The molecule has 3 rings (SSSR count). The number of nitrogens with two attached hydrogens (primary N) is 1. The van der Waals surface area contributed by atoms with E-state index in [-0.39, 0.29) is 0 Å². The van der Waals surface area contributed by atoms with Gasteiger partial charge in [-0.15, -0.1) is 0 Å². The summed E-state index contributed by atoms with van der Waals surface area (Å²) in [7, 11) is 0. The van der Waals surface area contributed by atoms with Crippen LogP contribution in [-0.4, -0.2) is 9.97 Å². The molecule has 0 amide bonds. The van der Waals surface area contributed by atoms with Gasteiger partial charge in [-0.1, -0.05) is 24.6 Å². The van der Waals surface area contributed by atoms with Crippen molar-refractivity contribution in [3.05, 3.63) is 41.3 Å². The van der Waals surface area contributed by atoms with E-state index in [1.807, 2.05) is 0 Å². The van der Waals surface area contributed by atoms with Crippen LogP contribution in [0.2, 0.25) is 0 Å². The van der Waals surface area contributed by atoms with Gasteiger partial charge in [-0.05, 0) is 31.4 Å². The van der Waals surface area contributed by atoms with Crippen molar-refractivity contribution in [2.24, 2.45) is 5.73 Å². The number of aromatic amines is 1. The fourth-order valence-electron chi connectivity index (χ4n) is 2.49. The van der Waals surface area contributed by atoms with Crippen molar-refractivity contribution in [2.75, 3.05) is 0 Å². The number of hydrogen-bond acceptors (Lipinski definition) is 2. The van der Waals surface area contributed by atoms with Crippen molar-refractivity contribution < 1.29 is 0 Å². The number of aromatic nitrogens is 2. The van der Waals surface area contributed by atoms with E-state index in [1.54, 1.807) is 0 Å². The number of nitrogens with zero attached hydrogens (tertiary/aromatic N) is 1. The molecule has 0 bridgehead atoms. The summed E-state index contributed by atoms with van der Waals surface area (Å²) in [4.78, 5) is 8.22. The third-order valence-corrected chi connectivity index (χ3v) is 3.83. The molecule has 0 radical (unpaired) electrons. The van der Waals surface area contributed by atoms with Gasteiger partial charge in [0.05, 0.1) is 5.69 Å². The summed E-state index contributed by atoms with van der Waals surface area (Å²) in [6.07, 6.45) is 3.88. The third-order valence-electron chi connectivity index (χ3n) is 3.83. The standard InChI is InChI=1S/C15H19N3/c1-10-14(13-7-2-4-11(8-13)9-16)18-15(17-10)12-5-3-6-12/h2,4,7-8,12H,3,5-6,9,16H2,1H3,(H,17,18). The monoisotopic (exact) mass is 241 g/mol. The van der Waals surface area contributed by atoms with Gasteiger partial charge in [-0.25, -0.2) is 4.98 Å². The van der Waals surface area contributed by atoms with Crippen LogP contribution in [0.1, 0.15) is 42.3 Å². The molecule has 1 fully saturated rings. The lowest BCUT2D eigenvalue weighted by Gasteiger charge is -2.22. The van der Waals surface area contributed by atoms with Crippen molar-refractivity contribution >= 4 is 0 Å². The SMILES string of the molecule is Cc1[nH]c(C2CCC2)nc1-c1cccc(CN)c1. The van der Waals surface area contributed by atoms with Crippen LogP contribution in [0.4, 0.5) is 0 Å². The van der Waals surface area contributed by atoms with Gasteiger partial charge in [0.1, 0.15) is 5.82 Å². The molecule has 1 aliphatic rings. The quantitative estimate of drug-likeness (QED) is 0.867. The highest BCUT2D eigenvalue weighted by molar-refractivity contribution is 5.62. The van der Waals surface area contributed by atoms with Crippen LogP contribution in [0.15, 0.2) is 24.3 Å². The summed E-state index contributed by atoms with van der Waals surface area (Å²) in [5.41, 5.74) is 10.2. The third kappa shape index (κ3) is 1.95. The minimum atomic E-state index is 0.576. The fourth-order valence-corrected chi connectivity index (χ4v) is 2.49. The zero-order valence-electron chi connectivity index (χ0n) is 10.7. The van der Waals surface area contributed by atoms with Gasteiger partial charge in [0.15, 0.2) is 0 Å². The number of aryl methyl sites for hydroxylation is 1. The first-order chi connectivity index (χ1) is 8.78. The Morgan fingerprint density at radius 3 is 2.89 bits per heavy atom. The number of imidazole rings is 1. The van der Waals surface area contributed by atoms with Crippen LogP contribution in [0.3, 0.4) is 0 Å². The van der Waals surface area contributed by atoms with E-state index < -0.39 is 0 Å². The summed E-state index contributed by atoms with van der Waals surface area (Å²) >= 11 is 0. The predicted octanol–water partition coefficient (Wildman–Crippen LogP) is 3.11. The summed E-state index contributed by atoms with van der Waals surface area (Å²) < 4.78 is 0. The van der Waals surface area contributed by atoms with Crippen LogP contribution >= 0.6 is 0 Å². The fraction of sp³-hybridized carbons (Fsp3) is 0.400. The van der Waals surface area contributed by atoms with Crippen LogP contribution < -0.4 is 5.73 Å². The van der Waals surface area contributed by atoms with Crippen LogP contribution in [-0.2, 0) is 6.54 Å². The molecular formula is C15H19N3. The van der Waals surface area contributed by atoms with Crippen molar-refractivity contribution in [3.63, 3.8) is 0 Å². The average Bonchev–Trinajstić information content (AvgIpc) is 2.69. The summed E-state index contributed by atoms with van der Waals surface area (Å²) in [5, 5.41) is 0. The Labute approximate surface area is 107 Å². The summed E-state index contributed by atoms with van der Waals surface area (Å²) in [5.74, 6) is 1.81. The number of rotatable bonds is 3. The maximum Gasteiger partial charge on any atom is 0.110 e. The highest BCUT2D eigenvalue weighted by Gasteiger charge is 2.23. The van der Waals surface area contributed by atoms with E-state index in [4.69, 9.17) is 10.7 Å². The van der Waals surface area contributed by atoms with Gasteiger partial charge < -0.3 is 10.7 Å². The second-order valence-electron chi connectivity index (χ2n) is 5.13. The van der Waals surface area contributed by atoms with Crippen LogP contribution in [0.5, 0.6) is 0 Å². The van der Waals surface area contributed by atoms with Crippen molar-refractivity contribution in [3.8, 4) is 11.3 Å². The lowest BCUT2D eigenvalue weighted by molar-refractivity contribution is 0.404. The second kappa shape index (κ2) is 4.58. The maximum absolute atomic E-state index is 5.69. The molecule has 1 aromatic heterocycles. The Balaban J connectivity index is 1.97. The Kier molecular flexibility index (Phi) is 2.92. The molecule has 0 saturated heterocycles. The molecule has 18 heavy (non-hydrogen) atoms. The molecule has 94 valence electrons. The Morgan fingerprint density at radius 2 is 2.22 bits per heavy atom. The number of H-pyrrole nitrogens is 1. The molecule has 2 aromatic rings. The molecule has 0 unspecified atom stereocenters. The molecule has 1 saturated carbocycles. The van der Waals surface area contributed by atoms with E-state index in [2.05, 4.69) is 36.2 Å². The second-order valence-corrected chi connectivity index (χ2v) is 5.13. The Morgan fingerprint density at radius 1 is 1.39 bits per heavy atom. The zero-order chi connectivity index (χ0) is 12.5. The van der Waals surface area contributed by atoms with Gasteiger partial charge in [0.25, 0.3) is 0 Å². The van der Waals surface area contributed by atoms with Gasteiger partial charge in [-0.3, -0.25) is 0 Å². The number of benzene rings is 1. The van der Waals surface area contributed by atoms with Gasteiger partial charge in [0.2, 0.25) is 0 Å². The van der Waals surface area contributed by atoms with Crippen LogP contribution in [0.25, 0.3) is 11.3 Å². The van der Waals surface area contributed by atoms with E-state index in [0.717, 1.165) is 28.3 Å². The molecule has 3 N–H and O–H groups in total. The first-order valence-corrected chi connectivity index (χ1v) is 6.64. The Hall–Kier alpha value is -1.61. The molecule has 0 atom stereocenters.